The van der Waals surface area contributed by atoms with Gasteiger partial charge in [0.1, 0.15) is 49.8 Å². The zero-order valence-corrected chi connectivity index (χ0v) is 15.3. The minimum atomic E-state index is -1.66. The molecule has 15 heteroatoms. The van der Waals surface area contributed by atoms with Crippen LogP contribution in [0, 0.1) is 0 Å². The molecule has 6 N–H and O–H groups in total. The molecule has 0 aromatic carbocycles. The molecule has 1 aromatic rings. The highest BCUT2D eigenvalue weighted by Crippen LogP contribution is 2.35. The Labute approximate surface area is 168 Å². The standard InChI is InChI=1S/C15H21N3O12/c19-7(20)3-27-12-6(29-14(25)9(12)23)2-18-5(1-16-17-18)11-13(28-4-8(21)22)10(24)15(26)30-11/h1,6,9-15,23-26H,2-4H2,(H,19,20)(H,21,22)/t6-,9-,10-,11-,12+,13-,14?,15?/m1/s1. The largest absolute Gasteiger partial charge is 0.480 e. The Morgan fingerprint density at radius 2 is 1.53 bits per heavy atom. The van der Waals surface area contributed by atoms with Gasteiger partial charge in [-0.25, -0.2) is 14.3 Å². The minimum absolute atomic E-state index is 0.164. The van der Waals surface area contributed by atoms with Gasteiger partial charge in [-0.15, -0.1) is 5.10 Å². The molecule has 2 unspecified atom stereocenters. The molecule has 0 bridgehead atoms. The monoisotopic (exact) mass is 435 g/mol. The van der Waals surface area contributed by atoms with Crippen LogP contribution in [0.1, 0.15) is 11.8 Å². The van der Waals surface area contributed by atoms with E-state index in [-0.39, 0.29) is 12.2 Å². The zero-order valence-electron chi connectivity index (χ0n) is 15.3. The molecule has 3 rings (SSSR count). The van der Waals surface area contributed by atoms with E-state index >= 15 is 0 Å². The topological polar surface area (TPSA) is 223 Å². The van der Waals surface area contributed by atoms with Crippen molar-refractivity contribution in [2.75, 3.05) is 13.2 Å². The normalized spacial score (nSPS) is 36.3. The molecule has 0 aliphatic carbocycles. The average molecular weight is 435 g/mol. The number of carboxylic acids is 2. The molecule has 0 amide bonds. The number of carbonyl (C=O) groups is 2. The molecule has 2 fully saturated rings. The van der Waals surface area contributed by atoms with Gasteiger partial charge in [0.15, 0.2) is 12.6 Å². The summed E-state index contributed by atoms with van der Waals surface area (Å²) in [5.41, 5.74) is 0.164. The highest BCUT2D eigenvalue weighted by atomic mass is 16.7. The van der Waals surface area contributed by atoms with Crippen molar-refractivity contribution in [2.45, 2.75) is 55.7 Å². The first-order valence-electron chi connectivity index (χ1n) is 8.77. The first-order valence-corrected chi connectivity index (χ1v) is 8.77. The molecular formula is C15H21N3O12. The number of aliphatic hydroxyl groups is 4. The number of rotatable bonds is 9. The van der Waals surface area contributed by atoms with Gasteiger partial charge in [0.2, 0.25) is 0 Å². The van der Waals surface area contributed by atoms with Gasteiger partial charge in [-0.2, -0.15) is 0 Å². The van der Waals surface area contributed by atoms with Crippen LogP contribution in [0.2, 0.25) is 0 Å². The summed E-state index contributed by atoms with van der Waals surface area (Å²) in [6.07, 6.45) is -9.77. The van der Waals surface area contributed by atoms with E-state index in [0.29, 0.717) is 0 Å². The Balaban J connectivity index is 1.77. The van der Waals surface area contributed by atoms with E-state index in [4.69, 9.17) is 29.2 Å². The van der Waals surface area contributed by atoms with Crippen LogP contribution in [0.5, 0.6) is 0 Å². The van der Waals surface area contributed by atoms with E-state index in [1.807, 2.05) is 0 Å². The van der Waals surface area contributed by atoms with Crippen molar-refractivity contribution >= 4 is 11.9 Å². The van der Waals surface area contributed by atoms with Crippen LogP contribution in [0.4, 0.5) is 0 Å². The van der Waals surface area contributed by atoms with Crippen molar-refractivity contribution in [2.24, 2.45) is 0 Å². The molecule has 168 valence electrons. The molecule has 3 heterocycles. The quantitative estimate of drug-likeness (QED) is 0.218. The highest BCUT2D eigenvalue weighted by molar-refractivity contribution is 5.68. The predicted octanol–water partition coefficient (Wildman–Crippen LogP) is -3.95. The summed E-state index contributed by atoms with van der Waals surface area (Å²) >= 11 is 0. The average Bonchev–Trinajstić information content (AvgIpc) is 3.31. The summed E-state index contributed by atoms with van der Waals surface area (Å²) in [6.45, 7) is -1.69. The van der Waals surface area contributed by atoms with E-state index in [9.17, 15) is 30.0 Å². The van der Waals surface area contributed by atoms with Gasteiger partial charge in [0.05, 0.1) is 18.4 Å². The first kappa shape index (κ1) is 22.4. The van der Waals surface area contributed by atoms with Crippen molar-refractivity contribution in [3.8, 4) is 0 Å². The van der Waals surface area contributed by atoms with E-state index in [1.54, 1.807) is 0 Å². The summed E-state index contributed by atoms with van der Waals surface area (Å²) in [7, 11) is 0. The first-order chi connectivity index (χ1) is 14.2. The molecule has 15 nitrogen and oxygen atoms in total. The fourth-order valence-electron chi connectivity index (χ4n) is 3.28. The Bertz CT molecular complexity index is 759. The van der Waals surface area contributed by atoms with Crippen molar-refractivity contribution in [1.29, 1.82) is 0 Å². The van der Waals surface area contributed by atoms with Crippen LogP contribution in [0.15, 0.2) is 6.20 Å². The maximum atomic E-state index is 10.8. The number of hydrogen-bond donors (Lipinski definition) is 6. The lowest BCUT2D eigenvalue weighted by Crippen LogP contribution is -2.39. The Morgan fingerprint density at radius 1 is 0.967 bits per heavy atom. The van der Waals surface area contributed by atoms with Crippen LogP contribution in [-0.2, 0) is 35.1 Å². The number of nitrogens with zero attached hydrogens (tertiary/aromatic N) is 3. The molecule has 2 saturated heterocycles. The molecule has 2 aliphatic heterocycles. The fraction of sp³-hybridized carbons (Fsp3) is 0.733. The molecule has 0 spiro atoms. The Kier molecular flexibility index (Phi) is 6.94. The summed E-state index contributed by atoms with van der Waals surface area (Å²) < 4.78 is 21.9. The summed E-state index contributed by atoms with van der Waals surface area (Å²) in [6, 6.07) is 0. The van der Waals surface area contributed by atoms with Crippen molar-refractivity contribution in [1.82, 2.24) is 15.0 Å². The van der Waals surface area contributed by atoms with Gasteiger partial charge >= 0.3 is 11.9 Å². The van der Waals surface area contributed by atoms with Crippen LogP contribution in [-0.4, -0.2) is 114 Å². The van der Waals surface area contributed by atoms with Crippen LogP contribution >= 0.6 is 0 Å². The Hall–Kier alpha value is -2.24. The Morgan fingerprint density at radius 3 is 2.17 bits per heavy atom. The fourth-order valence-corrected chi connectivity index (χ4v) is 3.28. The third-order valence-corrected chi connectivity index (χ3v) is 4.61. The van der Waals surface area contributed by atoms with Crippen molar-refractivity contribution in [3.05, 3.63) is 11.9 Å². The van der Waals surface area contributed by atoms with Gasteiger partial charge in [0.25, 0.3) is 0 Å². The number of carboxylic acid groups (broad SMARTS) is 2. The highest BCUT2D eigenvalue weighted by Gasteiger charge is 2.48. The number of aromatic nitrogens is 3. The van der Waals surface area contributed by atoms with Gasteiger partial charge < -0.3 is 49.6 Å². The predicted molar refractivity (Wildman–Crippen MR) is 87.5 cm³/mol. The van der Waals surface area contributed by atoms with Gasteiger partial charge in [-0.1, -0.05) is 5.21 Å². The molecule has 0 saturated carbocycles. The number of hydrogen-bond acceptors (Lipinski definition) is 12. The van der Waals surface area contributed by atoms with Crippen LogP contribution < -0.4 is 0 Å². The van der Waals surface area contributed by atoms with Crippen LogP contribution in [0.3, 0.4) is 0 Å². The summed E-state index contributed by atoms with van der Waals surface area (Å²) in [4.78, 5) is 21.5. The second-order valence-electron chi connectivity index (χ2n) is 6.67. The smallest absolute Gasteiger partial charge is 0.329 e. The summed E-state index contributed by atoms with van der Waals surface area (Å²) in [5.74, 6) is -2.58. The molecule has 2 aliphatic rings. The SMILES string of the molecule is O=C(O)CO[C@H]1[C@@H](c2cnnn2C[C@H]2OC(O)[C@H](O)[C@H]2OCC(=O)O)OC(O)[C@@H]1O. The second-order valence-corrected chi connectivity index (χ2v) is 6.67. The third kappa shape index (κ3) is 4.73. The molecule has 30 heavy (non-hydrogen) atoms. The molecule has 0 radical (unpaired) electrons. The van der Waals surface area contributed by atoms with E-state index in [2.05, 4.69) is 10.3 Å². The summed E-state index contributed by atoms with van der Waals surface area (Å²) in [5, 5.41) is 64.6. The van der Waals surface area contributed by atoms with Gasteiger partial charge in [-0.3, -0.25) is 0 Å². The van der Waals surface area contributed by atoms with Crippen molar-refractivity contribution in [3.63, 3.8) is 0 Å². The van der Waals surface area contributed by atoms with E-state index < -0.39 is 74.4 Å². The van der Waals surface area contributed by atoms with E-state index in [1.165, 1.54) is 10.9 Å². The second kappa shape index (κ2) is 9.27. The van der Waals surface area contributed by atoms with Crippen LogP contribution in [0.25, 0.3) is 0 Å². The maximum absolute atomic E-state index is 10.8. The number of ether oxygens (including phenoxy) is 4. The lowest BCUT2D eigenvalue weighted by Gasteiger charge is -2.23. The molecular weight excluding hydrogens is 414 g/mol. The maximum Gasteiger partial charge on any atom is 0.329 e. The number of aliphatic hydroxyl groups excluding tert-OH is 4. The molecule has 8 atom stereocenters. The van der Waals surface area contributed by atoms with E-state index in [0.717, 1.165) is 0 Å². The zero-order chi connectivity index (χ0) is 22.0. The molecule has 1 aromatic heterocycles. The third-order valence-electron chi connectivity index (χ3n) is 4.61. The lowest BCUT2D eigenvalue weighted by molar-refractivity contribution is -0.148. The van der Waals surface area contributed by atoms with Gasteiger partial charge in [0, 0.05) is 0 Å². The van der Waals surface area contributed by atoms with Crippen molar-refractivity contribution < 1.29 is 59.2 Å². The van der Waals surface area contributed by atoms with Gasteiger partial charge in [-0.05, 0) is 0 Å². The number of aliphatic carboxylic acids is 2. The lowest BCUT2D eigenvalue weighted by atomic mass is 10.1. The minimum Gasteiger partial charge on any atom is -0.480 e.